The Morgan fingerprint density at radius 2 is 0.745 bits per heavy atom. The Kier molecular flexibility index (Phi) is 44.0. The number of carbonyl (C=O) groups excluding carboxylic acids is 2. The molecule has 0 aromatic rings. The summed E-state index contributed by atoms with van der Waals surface area (Å²) in [6.45, 7) is 8.57. The van der Waals surface area contributed by atoms with Crippen molar-refractivity contribution in [3.63, 3.8) is 0 Å². The van der Waals surface area contributed by atoms with Gasteiger partial charge >= 0.3 is 11.9 Å². The minimum absolute atomic E-state index is 0.299. The molecular weight excluding hydrogens is 701 g/mol. The molecule has 0 spiro atoms. The second-order valence-corrected chi connectivity index (χ2v) is 13.4. The molecule has 0 N–H and O–H groups in total. The van der Waals surface area contributed by atoms with E-state index in [1.165, 1.54) is 6.08 Å². The number of hydrogen-bond donors (Lipinski definition) is 0. The largest absolute Gasteiger partial charge is 0.465 e. The van der Waals surface area contributed by atoms with Crippen molar-refractivity contribution >= 4 is 22.7 Å². The maximum Gasteiger partial charge on any atom is 0.330 e. The van der Waals surface area contributed by atoms with Gasteiger partial charge in [-0.05, 0) is 97.3 Å². The summed E-state index contributed by atoms with van der Waals surface area (Å²) in [5, 5.41) is -0.570. The average molecular weight is 773 g/mol. The van der Waals surface area contributed by atoms with Crippen molar-refractivity contribution in [3.05, 3.63) is 158 Å². The molecule has 0 saturated heterocycles. The maximum atomic E-state index is 11.7. The first-order valence-electron chi connectivity index (χ1n) is 20.1. The lowest BCUT2D eigenvalue weighted by molar-refractivity contribution is -0.142. The molecule has 0 heterocycles. The van der Waals surface area contributed by atoms with E-state index in [0.717, 1.165) is 77.0 Å². The molecule has 2 unspecified atom stereocenters. The van der Waals surface area contributed by atoms with E-state index >= 15 is 0 Å². The maximum absolute atomic E-state index is 11.7. The van der Waals surface area contributed by atoms with E-state index in [4.69, 9.17) is 9.47 Å². The van der Waals surface area contributed by atoms with Crippen LogP contribution >= 0.6 is 0 Å². The smallest absolute Gasteiger partial charge is 0.330 e. The Morgan fingerprint density at radius 1 is 0.436 bits per heavy atom. The SMILES string of the molecule is CC/C=C\C/C=C\C/C=C\C/C=C\C/C=C\C/C=C/C=C\C(=O)OCC.CC/C=C\C/C=C\C/C=C\C/C=C\C/C=C\C/C=C\CC(C(=O)OCC)S(C)=O. The standard InChI is InChI=1S/C25H38O3S.C24H34O2/c1-4-6-7-8-9-10-11-12-13-14-15-16-17-18-19-20-21-22-23-24(29(3)27)25(26)28-5-2;1-3-5-6-7-8-9-10-11-12-13-14-15-16-17-18-19-20-21-22-23-24(25)26-4-2/h6-7,9-10,12-13,15-16,18-19,21-22,24H,4-5,8,11,14,17,20,23H2,1-3H3;5-6,8-9,11-12,14-15,17-18,20-23H,3-4,7,10,13,16,19H2,1-2H3/b7-6-,10-9-,13-12-,16-15-,19-18-,22-21-;6-5-,9-8-,12-11-,15-14-,18-17-,21-20+,23-22-. The molecule has 0 rings (SSSR count). The molecule has 304 valence electrons. The summed E-state index contributed by atoms with van der Waals surface area (Å²) in [5.41, 5.74) is 0. The van der Waals surface area contributed by atoms with E-state index < -0.39 is 16.0 Å². The molecule has 5 nitrogen and oxygen atoms in total. The van der Waals surface area contributed by atoms with E-state index in [2.05, 4.69) is 135 Å². The predicted molar refractivity (Wildman–Crippen MR) is 241 cm³/mol. The number of hydrogen-bond acceptors (Lipinski definition) is 5. The summed E-state index contributed by atoms with van der Waals surface area (Å²) in [4.78, 5) is 22.8. The lowest BCUT2D eigenvalue weighted by Gasteiger charge is -2.10. The fourth-order valence-electron chi connectivity index (χ4n) is 4.25. The van der Waals surface area contributed by atoms with Gasteiger partial charge in [0, 0.05) is 23.1 Å². The summed E-state index contributed by atoms with van der Waals surface area (Å²) < 4.78 is 21.4. The van der Waals surface area contributed by atoms with E-state index in [-0.39, 0.29) is 11.9 Å². The third kappa shape index (κ3) is 44.0. The van der Waals surface area contributed by atoms with Gasteiger partial charge in [-0.3, -0.25) is 9.00 Å². The van der Waals surface area contributed by atoms with Crippen LogP contribution in [0.3, 0.4) is 0 Å². The fraction of sp³-hybridized carbons (Fsp3) is 0.429. The van der Waals surface area contributed by atoms with Crippen LogP contribution in [-0.4, -0.2) is 40.9 Å². The molecule has 0 aliphatic heterocycles. The van der Waals surface area contributed by atoms with E-state index in [0.29, 0.717) is 19.6 Å². The highest BCUT2D eigenvalue weighted by Crippen LogP contribution is 2.06. The Labute approximate surface area is 338 Å². The molecule has 0 aliphatic rings. The van der Waals surface area contributed by atoms with Crippen LogP contribution in [0.1, 0.15) is 111 Å². The number of carbonyl (C=O) groups is 2. The van der Waals surface area contributed by atoms with E-state index in [1.807, 2.05) is 24.3 Å². The highest BCUT2D eigenvalue weighted by atomic mass is 32.2. The van der Waals surface area contributed by atoms with Crippen LogP contribution in [0.5, 0.6) is 0 Å². The highest BCUT2D eigenvalue weighted by Gasteiger charge is 2.21. The van der Waals surface area contributed by atoms with Crippen LogP contribution in [-0.2, 0) is 29.9 Å². The van der Waals surface area contributed by atoms with Crippen LogP contribution in [0.25, 0.3) is 0 Å². The lowest BCUT2D eigenvalue weighted by Crippen LogP contribution is -2.27. The molecular formula is C49H72O5S. The van der Waals surface area contributed by atoms with Gasteiger partial charge in [0.05, 0.1) is 13.2 Å². The van der Waals surface area contributed by atoms with Crippen LogP contribution in [0, 0.1) is 0 Å². The van der Waals surface area contributed by atoms with Crippen molar-refractivity contribution in [2.75, 3.05) is 19.5 Å². The van der Waals surface area contributed by atoms with Gasteiger partial charge in [0.2, 0.25) is 0 Å². The quantitative estimate of drug-likeness (QED) is 0.0315. The first kappa shape index (κ1) is 52.8. The number of allylic oxidation sites excluding steroid dienone is 25. The fourth-order valence-corrected chi connectivity index (χ4v) is 4.97. The molecule has 2 atom stereocenters. The van der Waals surface area contributed by atoms with Crippen molar-refractivity contribution < 1.29 is 23.3 Å². The minimum Gasteiger partial charge on any atom is -0.465 e. The Balaban J connectivity index is 0. The van der Waals surface area contributed by atoms with Gasteiger partial charge in [-0.25, -0.2) is 4.79 Å². The molecule has 0 aromatic heterocycles. The van der Waals surface area contributed by atoms with Crippen molar-refractivity contribution in [2.24, 2.45) is 0 Å². The topological polar surface area (TPSA) is 69.7 Å². The van der Waals surface area contributed by atoms with Gasteiger partial charge in [0.15, 0.2) is 0 Å². The molecule has 0 amide bonds. The second kappa shape index (κ2) is 45.9. The number of rotatable bonds is 30. The first-order chi connectivity index (χ1) is 26.9. The summed E-state index contributed by atoms with van der Waals surface area (Å²) in [7, 11) is -1.22. The van der Waals surface area contributed by atoms with Gasteiger partial charge in [0.1, 0.15) is 5.25 Å². The van der Waals surface area contributed by atoms with Crippen molar-refractivity contribution in [3.8, 4) is 0 Å². The van der Waals surface area contributed by atoms with Gasteiger partial charge in [0.25, 0.3) is 0 Å². The highest BCUT2D eigenvalue weighted by molar-refractivity contribution is 7.85. The molecule has 0 fully saturated rings. The summed E-state index contributed by atoms with van der Waals surface area (Å²) in [6.07, 6.45) is 68.2. The van der Waals surface area contributed by atoms with Gasteiger partial charge < -0.3 is 9.47 Å². The van der Waals surface area contributed by atoms with Crippen molar-refractivity contribution in [2.45, 2.75) is 116 Å². The van der Waals surface area contributed by atoms with Gasteiger partial charge in [-0.15, -0.1) is 0 Å². The molecule has 55 heavy (non-hydrogen) atoms. The van der Waals surface area contributed by atoms with Gasteiger partial charge in [-0.1, -0.05) is 166 Å². The summed E-state index contributed by atoms with van der Waals surface area (Å²) in [5.74, 6) is -0.681. The second-order valence-electron chi connectivity index (χ2n) is 11.9. The average Bonchev–Trinajstić information content (AvgIpc) is 3.17. The Morgan fingerprint density at radius 3 is 1.05 bits per heavy atom. The molecule has 0 aromatic carbocycles. The third-order valence-electron chi connectivity index (χ3n) is 7.09. The summed E-state index contributed by atoms with van der Waals surface area (Å²) >= 11 is 0. The lowest BCUT2D eigenvalue weighted by atomic mass is 10.2. The number of esters is 2. The van der Waals surface area contributed by atoms with Crippen LogP contribution in [0.2, 0.25) is 0 Å². The van der Waals surface area contributed by atoms with Crippen LogP contribution in [0.4, 0.5) is 0 Å². The zero-order chi connectivity index (χ0) is 40.7. The van der Waals surface area contributed by atoms with Crippen molar-refractivity contribution in [1.82, 2.24) is 0 Å². The van der Waals surface area contributed by atoms with Gasteiger partial charge in [-0.2, -0.15) is 0 Å². The molecule has 0 radical (unpaired) electrons. The van der Waals surface area contributed by atoms with Crippen LogP contribution in [0.15, 0.2) is 158 Å². The predicted octanol–water partition coefficient (Wildman–Crippen LogP) is 13.2. The molecule has 0 aliphatic carbocycles. The van der Waals surface area contributed by atoms with Crippen molar-refractivity contribution in [1.29, 1.82) is 0 Å². The van der Waals surface area contributed by atoms with E-state index in [1.54, 1.807) is 26.2 Å². The Hall–Kier alpha value is -4.29. The number of ether oxygens (including phenoxy) is 2. The molecule has 6 heteroatoms. The molecule has 0 bridgehead atoms. The summed E-state index contributed by atoms with van der Waals surface area (Å²) in [6, 6.07) is 0. The molecule has 0 saturated carbocycles. The van der Waals surface area contributed by atoms with E-state index in [9.17, 15) is 13.8 Å². The first-order valence-corrected chi connectivity index (χ1v) is 21.7. The zero-order valence-electron chi connectivity index (χ0n) is 34.6. The third-order valence-corrected chi connectivity index (χ3v) is 8.28. The normalized spacial score (nSPS) is 14.1. The monoisotopic (exact) mass is 773 g/mol. The Bertz CT molecular complexity index is 1340. The minimum atomic E-state index is -1.22. The van der Waals surface area contributed by atoms with Crippen LogP contribution < -0.4 is 0 Å². The zero-order valence-corrected chi connectivity index (χ0v) is 35.5.